The second-order valence-electron chi connectivity index (χ2n) is 1.03. The predicted molar refractivity (Wildman–Crippen MR) is 35.5 cm³/mol. The van der Waals surface area contributed by atoms with Crippen molar-refractivity contribution in [3.63, 3.8) is 0 Å². The molecule has 0 aliphatic carbocycles. The van der Waals surface area contributed by atoms with Crippen LogP contribution >= 0.6 is 15.6 Å². The molecule has 0 aliphatic rings. The van der Waals surface area contributed by atoms with Gasteiger partial charge in [0.1, 0.15) is 0 Å². The zero-order valence-corrected chi connectivity index (χ0v) is 11.1. The first-order valence-corrected chi connectivity index (χ1v) is 4.70. The molecule has 0 radical (unpaired) electrons. The Morgan fingerprint density at radius 1 is 0.667 bits per heavy atom. The van der Waals surface area contributed by atoms with Crippen LogP contribution in [0.3, 0.4) is 0 Å². The Labute approximate surface area is 137 Å². The quantitative estimate of drug-likeness (QED) is 0.187. The van der Waals surface area contributed by atoms with Gasteiger partial charge >= 0.3 is 72.2 Å². The van der Waals surface area contributed by atoms with Crippen molar-refractivity contribution in [2.75, 3.05) is 0 Å². The van der Waals surface area contributed by atoms with Gasteiger partial charge in [-0.25, -0.2) is 9.13 Å². The molecule has 0 unspecified atom stereocenters. The molecule has 15 heteroatoms. The van der Waals surface area contributed by atoms with Crippen LogP contribution in [0, 0.1) is 0 Å². The summed E-state index contributed by atoms with van der Waals surface area (Å²) in [6.07, 6.45) is 0. The number of phosphoric acid groups is 2. The standard InChI is InChI=1S/Fe.3Li.2H3O4P.H2O.3H/c;;;;2*1-5(2,3)4;;;;/h;;;;2*(H3,1,2,3,4);1H2;;;/q;3*+1;;;;3*-1. The van der Waals surface area contributed by atoms with Crippen LogP contribution in [0.4, 0.5) is 0 Å². The third kappa shape index (κ3) is 558. The average Bonchev–Trinajstić information content (AvgIpc) is 1.12. The molecule has 0 aromatic carbocycles. The van der Waals surface area contributed by atoms with Crippen molar-refractivity contribution >= 4 is 15.6 Å². The third-order valence-electron chi connectivity index (χ3n) is 0. The number of hydrogen-bond donors (Lipinski definition) is 6. The van der Waals surface area contributed by atoms with Gasteiger partial charge in [-0.2, -0.15) is 0 Å². The molecule has 9 nitrogen and oxygen atoms in total. The normalized spacial score (nSPS) is 7.87. The molecule has 0 aromatic heterocycles. The topological polar surface area (TPSA) is 187 Å². The molecule has 0 spiro atoms. The minimum Gasteiger partial charge on any atom is -1.00 e. The van der Waals surface area contributed by atoms with E-state index in [4.69, 9.17) is 38.5 Å². The first-order valence-electron chi connectivity index (χ1n) is 1.57. The summed E-state index contributed by atoms with van der Waals surface area (Å²) in [5.41, 5.74) is 0. The fourth-order valence-corrected chi connectivity index (χ4v) is 0. The van der Waals surface area contributed by atoms with Crippen molar-refractivity contribution in [1.82, 2.24) is 0 Å². The van der Waals surface area contributed by atoms with Crippen molar-refractivity contribution in [1.29, 1.82) is 0 Å². The van der Waals surface area contributed by atoms with Gasteiger partial charge < -0.3 is 39.1 Å². The summed E-state index contributed by atoms with van der Waals surface area (Å²) in [5, 5.41) is 0. The van der Waals surface area contributed by atoms with E-state index in [9.17, 15) is 0 Å². The molecule has 0 heterocycles. The second kappa shape index (κ2) is 18.8. The molecule has 0 aliphatic heterocycles. The monoisotopic (exact) mass is 294 g/mol. The fourth-order valence-electron chi connectivity index (χ4n) is 0. The molecule has 0 amide bonds. The summed E-state index contributed by atoms with van der Waals surface area (Å²) < 4.78 is 17.8. The van der Waals surface area contributed by atoms with Gasteiger partial charge in [-0.05, 0) is 0 Å². The summed E-state index contributed by atoms with van der Waals surface area (Å²) in [6, 6.07) is 0. The molecule has 0 saturated heterocycles. The van der Waals surface area contributed by atoms with Crippen LogP contribution < -0.4 is 56.6 Å². The molecule has 0 atom stereocenters. The number of hydrogen-bond acceptors (Lipinski definition) is 2. The van der Waals surface area contributed by atoms with Crippen molar-refractivity contribution in [2.45, 2.75) is 0 Å². The Bertz CT molecular complexity index is 147. The van der Waals surface area contributed by atoms with Crippen LogP contribution in [-0.2, 0) is 26.2 Å². The SMILES string of the molecule is O.O=P(O)(O)O.O=P(O)(O)O.[Fe].[H-].[H-].[H-].[Li+].[Li+].[Li+]. The molecule has 86 valence electrons. The minimum absolute atomic E-state index is 0. The van der Waals surface area contributed by atoms with Gasteiger partial charge in [0.2, 0.25) is 0 Å². The van der Waals surface area contributed by atoms with Crippen molar-refractivity contribution in [3.05, 3.63) is 0 Å². The van der Waals surface area contributed by atoms with E-state index in [0.717, 1.165) is 0 Å². The number of rotatable bonds is 0. The average molecular weight is 294 g/mol. The van der Waals surface area contributed by atoms with Crippen molar-refractivity contribution in [2.24, 2.45) is 0 Å². The summed E-state index contributed by atoms with van der Waals surface area (Å²) in [7, 11) is -9.28. The van der Waals surface area contributed by atoms with Crippen molar-refractivity contribution in [3.8, 4) is 0 Å². The molecule has 8 N–H and O–H groups in total. The summed E-state index contributed by atoms with van der Waals surface area (Å²) in [4.78, 5) is 43.1. The van der Waals surface area contributed by atoms with Gasteiger partial charge in [-0.1, -0.05) is 0 Å². The van der Waals surface area contributed by atoms with E-state index in [1.54, 1.807) is 0 Å². The maximum atomic E-state index is 8.88. The van der Waals surface area contributed by atoms with E-state index < -0.39 is 15.6 Å². The van der Waals surface area contributed by atoms with E-state index in [1.165, 1.54) is 0 Å². The first kappa shape index (κ1) is 43.2. The van der Waals surface area contributed by atoms with Crippen LogP contribution in [0.25, 0.3) is 0 Å². The molecule has 0 rings (SSSR count). The summed E-state index contributed by atoms with van der Waals surface area (Å²) in [6.45, 7) is 0. The molecule has 0 bridgehead atoms. The van der Waals surface area contributed by atoms with Gasteiger partial charge in [0.25, 0.3) is 0 Å². The molecular weight excluding hydrogens is 283 g/mol. The van der Waals surface area contributed by atoms with Gasteiger partial charge in [0.15, 0.2) is 0 Å². The maximum Gasteiger partial charge on any atom is 1.00 e. The molecule has 0 fully saturated rings. The smallest absolute Gasteiger partial charge is 1.00 e. The minimum atomic E-state index is -4.64. The van der Waals surface area contributed by atoms with Gasteiger partial charge in [0.05, 0.1) is 0 Å². The van der Waals surface area contributed by atoms with E-state index in [1.807, 2.05) is 0 Å². The van der Waals surface area contributed by atoms with Crippen LogP contribution in [0.2, 0.25) is 0 Å². The second-order valence-corrected chi connectivity index (χ2v) is 3.08. The van der Waals surface area contributed by atoms with Gasteiger partial charge in [-0.3, -0.25) is 0 Å². The van der Waals surface area contributed by atoms with E-state index in [-0.39, 0.29) is 83.4 Å². The summed E-state index contributed by atoms with van der Waals surface area (Å²) >= 11 is 0. The zero-order chi connectivity index (χ0) is 9.00. The van der Waals surface area contributed by atoms with Crippen molar-refractivity contribution < 1.29 is 122 Å². The first-order chi connectivity index (χ1) is 4.00. The van der Waals surface area contributed by atoms with Crippen LogP contribution in [0.15, 0.2) is 0 Å². The largest absolute Gasteiger partial charge is 1.00 e. The van der Waals surface area contributed by atoms with E-state index in [0.29, 0.717) is 0 Å². The third-order valence-corrected chi connectivity index (χ3v) is 0. The Kier molecular flexibility index (Phi) is 54.3. The molecule has 0 saturated carbocycles. The van der Waals surface area contributed by atoms with E-state index >= 15 is 0 Å². The molecule has 15 heavy (non-hydrogen) atoms. The predicted octanol–water partition coefficient (Wildman–Crippen LogP) is -11.3. The molecule has 0 aromatic rings. The van der Waals surface area contributed by atoms with Crippen LogP contribution in [0.1, 0.15) is 4.28 Å². The summed E-state index contributed by atoms with van der Waals surface area (Å²) in [5.74, 6) is 0. The Hall–Kier alpha value is 2.49. The molecular formula is H11FeLi3O9P2. The Morgan fingerprint density at radius 2 is 0.667 bits per heavy atom. The van der Waals surface area contributed by atoms with Crippen LogP contribution in [0.5, 0.6) is 0 Å². The van der Waals surface area contributed by atoms with Crippen LogP contribution in [-0.4, -0.2) is 34.8 Å². The fraction of sp³-hybridized carbons (Fsp3) is 0. The maximum absolute atomic E-state index is 8.88. The van der Waals surface area contributed by atoms with Gasteiger partial charge in [-0.15, -0.1) is 0 Å². The Balaban J connectivity index is -0.00000000615. The zero-order valence-electron chi connectivity index (χ0n) is 11.2. The Morgan fingerprint density at radius 3 is 0.667 bits per heavy atom. The van der Waals surface area contributed by atoms with E-state index in [2.05, 4.69) is 0 Å². The van der Waals surface area contributed by atoms with Gasteiger partial charge in [0, 0.05) is 17.1 Å².